The first-order chi connectivity index (χ1) is 22.2. The molecule has 4 aromatic rings. The maximum absolute atomic E-state index is 16.9. The number of hydrogen-bond donors (Lipinski definition) is 1. The standard InChI is InChI=1S/C35H39F3N6O2/c1-3-7-24-27(37)11-10-22-8-4-9-25(28(22)24)30-29(38)31-26(17-39-30)32(43-14-5-12-34(2,19-43)40-21-45)42-33(41-31)46-20-35-13-6-15-44(35)18-23(36)16-35/h4,8-11,17,21,23H,3,5-7,12-16,18-20H2,1-2H3,(H,40,45)/t23-,34-,35+/m1/s1. The van der Waals surface area contributed by atoms with E-state index in [0.717, 1.165) is 44.0 Å². The summed E-state index contributed by atoms with van der Waals surface area (Å²) in [6.07, 6.45) is 6.32. The van der Waals surface area contributed by atoms with E-state index in [0.29, 0.717) is 66.6 Å². The third kappa shape index (κ3) is 5.32. The lowest BCUT2D eigenvalue weighted by atomic mass is 9.91. The van der Waals surface area contributed by atoms with Gasteiger partial charge in [0.2, 0.25) is 6.41 Å². The summed E-state index contributed by atoms with van der Waals surface area (Å²) in [5.74, 6) is -0.521. The molecule has 0 aliphatic carbocycles. The Morgan fingerprint density at radius 3 is 2.80 bits per heavy atom. The zero-order valence-corrected chi connectivity index (χ0v) is 26.3. The van der Waals surface area contributed by atoms with Crippen LogP contribution < -0.4 is 15.0 Å². The van der Waals surface area contributed by atoms with E-state index in [1.807, 2.05) is 30.9 Å². The number of carbonyl (C=O) groups excluding carboxylic acids is 1. The van der Waals surface area contributed by atoms with Crippen LogP contribution in [0.2, 0.25) is 0 Å². The van der Waals surface area contributed by atoms with Crippen molar-refractivity contribution in [2.75, 3.05) is 37.7 Å². The number of alkyl halides is 1. The highest BCUT2D eigenvalue weighted by atomic mass is 19.1. The van der Waals surface area contributed by atoms with Gasteiger partial charge in [0.05, 0.1) is 16.5 Å². The second-order valence-corrected chi connectivity index (χ2v) is 13.4. The minimum Gasteiger partial charge on any atom is -0.461 e. The number of fused-ring (bicyclic) bond motifs is 3. The third-order valence-electron chi connectivity index (χ3n) is 10.1. The highest BCUT2D eigenvalue weighted by Crippen LogP contribution is 2.41. The van der Waals surface area contributed by atoms with E-state index in [2.05, 4.69) is 20.2 Å². The maximum Gasteiger partial charge on any atom is 0.319 e. The van der Waals surface area contributed by atoms with Crippen LogP contribution in [0.15, 0.2) is 36.5 Å². The highest BCUT2D eigenvalue weighted by Gasteiger charge is 2.49. The second-order valence-electron chi connectivity index (χ2n) is 13.4. The number of nitrogens with zero attached hydrogens (tertiary/aromatic N) is 5. The van der Waals surface area contributed by atoms with Crippen LogP contribution in [0.25, 0.3) is 32.9 Å². The van der Waals surface area contributed by atoms with E-state index >= 15 is 8.78 Å². The molecule has 3 aliphatic rings. The molecular formula is C35H39F3N6O2. The average Bonchev–Trinajstić information content (AvgIpc) is 3.57. The van der Waals surface area contributed by atoms with Gasteiger partial charge in [-0.15, -0.1) is 0 Å². The summed E-state index contributed by atoms with van der Waals surface area (Å²) in [5.41, 5.74) is 0.198. The van der Waals surface area contributed by atoms with Crippen LogP contribution in [0.5, 0.6) is 6.01 Å². The molecule has 3 fully saturated rings. The minimum atomic E-state index is -0.914. The van der Waals surface area contributed by atoms with Crippen molar-refractivity contribution in [1.82, 2.24) is 25.2 Å². The molecule has 11 heteroatoms. The molecule has 1 N–H and O–H groups in total. The Morgan fingerprint density at radius 2 is 1.98 bits per heavy atom. The number of rotatable bonds is 9. The molecule has 46 heavy (non-hydrogen) atoms. The van der Waals surface area contributed by atoms with Gasteiger partial charge in [-0.25, -0.2) is 13.2 Å². The van der Waals surface area contributed by atoms with Gasteiger partial charge in [0.1, 0.15) is 35.6 Å². The van der Waals surface area contributed by atoms with E-state index in [9.17, 15) is 9.18 Å². The molecule has 0 unspecified atom stereocenters. The van der Waals surface area contributed by atoms with Gasteiger partial charge in [-0.3, -0.25) is 14.7 Å². The number of ether oxygens (including phenoxy) is 1. The van der Waals surface area contributed by atoms with Crippen LogP contribution in [-0.4, -0.2) is 76.3 Å². The van der Waals surface area contributed by atoms with E-state index < -0.39 is 23.1 Å². The summed E-state index contributed by atoms with van der Waals surface area (Å²) >= 11 is 0. The van der Waals surface area contributed by atoms with E-state index in [-0.39, 0.29) is 29.6 Å². The van der Waals surface area contributed by atoms with Gasteiger partial charge >= 0.3 is 6.01 Å². The van der Waals surface area contributed by atoms with Gasteiger partial charge in [0, 0.05) is 37.8 Å². The number of amides is 1. The first kappa shape index (κ1) is 30.7. The van der Waals surface area contributed by atoms with E-state index in [4.69, 9.17) is 9.72 Å². The van der Waals surface area contributed by atoms with Crippen molar-refractivity contribution >= 4 is 33.9 Å². The Hall–Kier alpha value is -3.99. The molecule has 3 atom stereocenters. The Labute approximate surface area is 266 Å². The van der Waals surface area contributed by atoms with Gasteiger partial charge < -0.3 is 15.0 Å². The minimum absolute atomic E-state index is 0.00772. The number of nitrogens with one attached hydrogen (secondary N) is 1. The topological polar surface area (TPSA) is 83.5 Å². The normalized spacial score (nSPS) is 24.9. The molecule has 2 aromatic heterocycles. The second kappa shape index (κ2) is 12.0. The Balaban J connectivity index is 1.36. The van der Waals surface area contributed by atoms with E-state index in [1.165, 1.54) is 6.07 Å². The molecule has 8 nitrogen and oxygen atoms in total. The van der Waals surface area contributed by atoms with Crippen LogP contribution in [0, 0.1) is 11.6 Å². The molecule has 0 radical (unpaired) electrons. The van der Waals surface area contributed by atoms with Crippen LogP contribution in [0.4, 0.5) is 19.0 Å². The molecule has 2 aromatic carbocycles. The van der Waals surface area contributed by atoms with Crippen molar-refractivity contribution in [2.24, 2.45) is 0 Å². The van der Waals surface area contributed by atoms with Crippen molar-refractivity contribution in [3.8, 4) is 17.3 Å². The number of aromatic nitrogens is 3. The summed E-state index contributed by atoms with van der Waals surface area (Å²) in [6.45, 7) is 6.44. The fourth-order valence-electron chi connectivity index (χ4n) is 7.96. The van der Waals surface area contributed by atoms with Crippen molar-refractivity contribution < 1.29 is 22.7 Å². The average molecular weight is 633 g/mol. The zero-order chi connectivity index (χ0) is 32.1. The fourth-order valence-corrected chi connectivity index (χ4v) is 7.96. The summed E-state index contributed by atoms with van der Waals surface area (Å²) in [7, 11) is 0. The number of anilines is 1. The summed E-state index contributed by atoms with van der Waals surface area (Å²) < 4.78 is 52.7. The van der Waals surface area contributed by atoms with Crippen molar-refractivity contribution in [2.45, 2.75) is 76.0 Å². The smallest absolute Gasteiger partial charge is 0.319 e. The first-order valence-electron chi connectivity index (χ1n) is 16.3. The SMILES string of the molecule is CCCc1c(F)ccc2cccc(-c3ncc4c(N5CCC[C@@](C)(NC=O)C5)nc(OC[C@@]56CCCN5C[C@H](F)C6)nc4c3F)c12. The largest absolute Gasteiger partial charge is 0.461 e. The van der Waals surface area contributed by atoms with E-state index in [1.54, 1.807) is 18.3 Å². The lowest BCUT2D eigenvalue weighted by Crippen LogP contribution is -2.55. The summed E-state index contributed by atoms with van der Waals surface area (Å²) in [4.78, 5) is 29.6. The van der Waals surface area contributed by atoms with Crippen molar-refractivity contribution in [3.05, 3.63) is 53.7 Å². The Kier molecular flexibility index (Phi) is 7.99. The molecule has 5 heterocycles. The molecular weight excluding hydrogens is 593 g/mol. The number of halogens is 3. The van der Waals surface area contributed by atoms with Gasteiger partial charge in [0.15, 0.2) is 5.82 Å². The van der Waals surface area contributed by atoms with Gasteiger partial charge in [-0.05, 0) is 68.0 Å². The highest BCUT2D eigenvalue weighted by molar-refractivity contribution is 6.01. The van der Waals surface area contributed by atoms with Gasteiger partial charge in [-0.2, -0.15) is 9.97 Å². The van der Waals surface area contributed by atoms with Crippen molar-refractivity contribution in [1.29, 1.82) is 0 Å². The predicted molar refractivity (Wildman–Crippen MR) is 172 cm³/mol. The number of aryl methyl sites for hydroxylation is 1. The summed E-state index contributed by atoms with van der Waals surface area (Å²) in [6, 6.07) is 8.64. The van der Waals surface area contributed by atoms with Gasteiger partial charge in [0.25, 0.3) is 0 Å². The fraction of sp³-hybridized carbons (Fsp3) is 0.486. The third-order valence-corrected chi connectivity index (χ3v) is 10.1. The van der Waals surface area contributed by atoms with Crippen LogP contribution in [-0.2, 0) is 11.2 Å². The van der Waals surface area contributed by atoms with Crippen LogP contribution in [0.1, 0.15) is 57.9 Å². The molecule has 3 aliphatic heterocycles. The monoisotopic (exact) mass is 632 g/mol. The Morgan fingerprint density at radius 1 is 1.13 bits per heavy atom. The Bertz CT molecular complexity index is 1810. The zero-order valence-electron chi connectivity index (χ0n) is 26.3. The number of pyridine rings is 1. The molecule has 3 saturated heterocycles. The molecule has 0 bridgehead atoms. The van der Waals surface area contributed by atoms with Crippen molar-refractivity contribution in [3.63, 3.8) is 0 Å². The number of hydrogen-bond acceptors (Lipinski definition) is 7. The number of benzene rings is 2. The molecule has 0 spiro atoms. The number of carbonyl (C=O) groups is 1. The molecule has 7 rings (SSSR count). The lowest BCUT2D eigenvalue weighted by molar-refractivity contribution is -0.111. The molecule has 242 valence electrons. The van der Waals surface area contributed by atoms with Crippen LogP contribution >= 0.6 is 0 Å². The lowest BCUT2D eigenvalue weighted by Gasteiger charge is -2.41. The van der Waals surface area contributed by atoms with Crippen LogP contribution in [0.3, 0.4) is 0 Å². The predicted octanol–water partition coefficient (Wildman–Crippen LogP) is 6.14. The number of piperidine rings is 1. The summed E-state index contributed by atoms with van der Waals surface area (Å²) in [5, 5.41) is 4.78. The van der Waals surface area contributed by atoms with Gasteiger partial charge in [-0.1, -0.05) is 37.6 Å². The first-order valence-corrected chi connectivity index (χ1v) is 16.3. The molecule has 1 amide bonds. The molecule has 0 saturated carbocycles. The maximum atomic E-state index is 16.9. The quantitative estimate of drug-likeness (QED) is 0.222.